The molecule has 0 atom stereocenters. The summed E-state index contributed by atoms with van der Waals surface area (Å²) in [4.78, 5) is 9.04. The molecule has 2 aromatic carbocycles. The summed E-state index contributed by atoms with van der Waals surface area (Å²) < 4.78 is 53.7. The molecule has 36 heavy (non-hydrogen) atoms. The summed E-state index contributed by atoms with van der Waals surface area (Å²) in [6, 6.07) is 13.8. The van der Waals surface area contributed by atoms with Crippen LogP contribution in [-0.2, 0) is 26.6 Å². The highest BCUT2D eigenvalue weighted by Gasteiger charge is 2.35. The number of benzene rings is 2. The molecule has 1 aromatic heterocycles. The van der Waals surface area contributed by atoms with E-state index in [2.05, 4.69) is 30.0 Å². The Hall–Kier alpha value is -3.06. The molecular formula is C24H30N6O4S2. The van der Waals surface area contributed by atoms with Gasteiger partial charge in [-0.3, -0.25) is 0 Å². The third-order valence-corrected chi connectivity index (χ3v) is 8.96. The van der Waals surface area contributed by atoms with Crippen LogP contribution in [0.4, 0.5) is 23.1 Å². The van der Waals surface area contributed by atoms with Crippen molar-refractivity contribution in [2.45, 2.75) is 49.8 Å². The van der Waals surface area contributed by atoms with Gasteiger partial charge in [-0.1, -0.05) is 19.1 Å². The lowest BCUT2D eigenvalue weighted by Crippen LogP contribution is -2.26. The van der Waals surface area contributed by atoms with E-state index in [0.29, 0.717) is 30.4 Å². The number of aromatic nitrogens is 2. The van der Waals surface area contributed by atoms with Gasteiger partial charge in [0.15, 0.2) is 0 Å². The van der Waals surface area contributed by atoms with Crippen molar-refractivity contribution in [2.75, 3.05) is 17.2 Å². The van der Waals surface area contributed by atoms with Crippen molar-refractivity contribution in [3.8, 4) is 0 Å². The molecule has 0 amide bonds. The van der Waals surface area contributed by atoms with Crippen LogP contribution in [0.15, 0.2) is 59.6 Å². The number of anilines is 4. The van der Waals surface area contributed by atoms with E-state index < -0.39 is 20.0 Å². The first-order chi connectivity index (χ1) is 17.2. The van der Waals surface area contributed by atoms with Gasteiger partial charge in [0.05, 0.1) is 10.1 Å². The van der Waals surface area contributed by atoms with Gasteiger partial charge in [0.25, 0.3) is 0 Å². The quantitative estimate of drug-likeness (QED) is 0.279. The van der Waals surface area contributed by atoms with Gasteiger partial charge in [-0.05, 0) is 68.1 Å². The summed E-state index contributed by atoms with van der Waals surface area (Å²) in [5.41, 5.74) is 3.15. The summed E-state index contributed by atoms with van der Waals surface area (Å²) in [6.45, 7) is 4.43. The first kappa shape index (κ1) is 26.0. The Labute approximate surface area is 212 Å². The molecule has 0 saturated heterocycles. The lowest BCUT2D eigenvalue weighted by atomic mass is 10.2. The molecule has 1 aliphatic rings. The number of nitrogens with one attached hydrogen (secondary N) is 4. The van der Waals surface area contributed by atoms with Crippen molar-refractivity contribution in [1.29, 1.82) is 0 Å². The number of rotatable bonds is 12. The Morgan fingerprint density at radius 3 is 2.17 bits per heavy atom. The highest BCUT2D eigenvalue weighted by molar-refractivity contribution is 7.90. The average molecular weight is 531 g/mol. The van der Waals surface area contributed by atoms with E-state index in [4.69, 9.17) is 0 Å². The fraction of sp³-hybridized carbons (Fsp3) is 0.333. The second kappa shape index (κ2) is 10.9. The number of nitrogens with zero attached hydrogens (tertiary/aromatic N) is 2. The molecular weight excluding hydrogens is 500 g/mol. The third-order valence-electron chi connectivity index (χ3n) is 5.59. The SMILES string of the molecule is CCCNS(=O)(=O)c1ccc(Nc2ncc(C)c(Nc3ccc(CNS(=O)(=O)C4CC4)cc3)n2)cc1. The smallest absolute Gasteiger partial charge is 0.240 e. The average Bonchev–Trinajstić information content (AvgIpc) is 3.71. The second-order valence-electron chi connectivity index (χ2n) is 8.66. The van der Waals surface area contributed by atoms with Crippen molar-refractivity contribution in [2.24, 2.45) is 0 Å². The highest BCUT2D eigenvalue weighted by Crippen LogP contribution is 2.27. The Morgan fingerprint density at radius 2 is 1.53 bits per heavy atom. The molecule has 192 valence electrons. The predicted octanol–water partition coefficient (Wildman–Crippen LogP) is 3.54. The lowest BCUT2D eigenvalue weighted by Gasteiger charge is -2.12. The van der Waals surface area contributed by atoms with Crippen LogP contribution in [0.25, 0.3) is 0 Å². The van der Waals surface area contributed by atoms with E-state index in [1.165, 1.54) is 12.1 Å². The molecule has 12 heteroatoms. The van der Waals surface area contributed by atoms with E-state index in [0.717, 1.165) is 29.7 Å². The Kier molecular flexibility index (Phi) is 7.88. The van der Waals surface area contributed by atoms with Gasteiger partial charge in [-0.25, -0.2) is 31.3 Å². The molecule has 0 unspecified atom stereocenters. The summed E-state index contributed by atoms with van der Waals surface area (Å²) in [6.07, 6.45) is 3.87. The van der Waals surface area contributed by atoms with Crippen LogP contribution in [0.3, 0.4) is 0 Å². The van der Waals surface area contributed by atoms with Crippen molar-refractivity contribution in [3.63, 3.8) is 0 Å². The summed E-state index contributed by atoms with van der Waals surface area (Å²) in [5, 5.41) is 6.11. The van der Waals surface area contributed by atoms with Crippen molar-refractivity contribution < 1.29 is 16.8 Å². The van der Waals surface area contributed by atoms with E-state index in [1.807, 2.05) is 38.1 Å². The largest absolute Gasteiger partial charge is 0.340 e. The molecule has 3 aromatic rings. The number of hydrogen-bond acceptors (Lipinski definition) is 8. The first-order valence-electron chi connectivity index (χ1n) is 11.7. The van der Waals surface area contributed by atoms with Crippen LogP contribution >= 0.6 is 0 Å². The standard InChI is InChI=1S/C24H30N6O4S2/c1-3-14-26-35(31,32)21-10-8-20(9-11-21)29-24-25-15-17(2)23(30-24)28-19-6-4-18(5-7-19)16-27-36(33,34)22-12-13-22/h4-11,15,22,26-27H,3,12-14,16H2,1-2H3,(H2,25,28,29,30). The van der Waals surface area contributed by atoms with Gasteiger partial charge in [0.2, 0.25) is 26.0 Å². The molecule has 10 nitrogen and oxygen atoms in total. The predicted molar refractivity (Wildman–Crippen MR) is 140 cm³/mol. The van der Waals surface area contributed by atoms with Crippen LogP contribution < -0.4 is 20.1 Å². The molecule has 0 bridgehead atoms. The van der Waals surface area contributed by atoms with Gasteiger partial charge >= 0.3 is 0 Å². The van der Waals surface area contributed by atoms with Gasteiger partial charge in [0.1, 0.15) is 5.82 Å². The minimum Gasteiger partial charge on any atom is -0.340 e. The lowest BCUT2D eigenvalue weighted by molar-refractivity contribution is 0.578. The van der Waals surface area contributed by atoms with Gasteiger partial charge in [-0.15, -0.1) is 0 Å². The van der Waals surface area contributed by atoms with Gasteiger partial charge < -0.3 is 10.6 Å². The first-order valence-corrected chi connectivity index (χ1v) is 14.7. The third kappa shape index (κ3) is 6.78. The Morgan fingerprint density at radius 1 is 0.889 bits per heavy atom. The summed E-state index contributed by atoms with van der Waals surface area (Å²) >= 11 is 0. The summed E-state index contributed by atoms with van der Waals surface area (Å²) in [7, 11) is -6.74. The van der Waals surface area contributed by atoms with Crippen LogP contribution in [0.2, 0.25) is 0 Å². The number of aryl methyl sites for hydroxylation is 1. The zero-order valence-electron chi connectivity index (χ0n) is 20.2. The zero-order chi connectivity index (χ0) is 25.8. The molecule has 0 aliphatic heterocycles. The maximum absolute atomic E-state index is 12.3. The maximum atomic E-state index is 12.3. The second-order valence-corrected chi connectivity index (χ2v) is 12.5. The van der Waals surface area contributed by atoms with Gasteiger partial charge in [-0.2, -0.15) is 4.98 Å². The highest BCUT2D eigenvalue weighted by atomic mass is 32.2. The van der Waals surface area contributed by atoms with E-state index in [-0.39, 0.29) is 16.7 Å². The Balaban J connectivity index is 1.39. The number of hydrogen-bond donors (Lipinski definition) is 4. The topological polar surface area (TPSA) is 142 Å². The molecule has 1 saturated carbocycles. The zero-order valence-corrected chi connectivity index (χ0v) is 21.8. The van der Waals surface area contributed by atoms with Gasteiger partial charge in [0, 0.05) is 36.2 Å². The van der Waals surface area contributed by atoms with Crippen molar-refractivity contribution in [1.82, 2.24) is 19.4 Å². The minimum atomic E-state index is -3.53. The fourth-order valence-corrected chi connectivity index (χ4v) is 5.81. The fourth-order valence-electron chi connectivity index (χ4n) is 3.32. The maximum Gasteiger partial charge on any atom is 0.240 e. The van der Waals surface area contributed by atoms with E-state index >= 15 is 0 Å². The molecule has 0 radical (unpaired) electrons. The van der Waals surface area contributed by atoms with Crippen LogP contribution in [0.1, 0.15) is 37.3 Å². The minimum absolute atomic E-state index is 0.192. The van der Waals surface area contributed by atoms with E-state index in [1.54, 1.807) is 18.3 Å². The summed E-state index contributed by atoms with van der Waals surface area (Å²) in [5.74, 6) is 0.964. The monoisotopic (exact) mass is 530 g/mol. The van der Waals surface area contributed by atoms with Crippen LogP contribution in [0.5, 0.6) is 0 Å². The van der Waals surface area contributed by atoms with Crippen LogP contribution in [-0.4, -0.2) is 38.6 Å². The molecule has 0 spiro atoms. The molecule has 1 aliphatic carbocycles. The Bertz CT molecular complexity index is 1410. The molecule has 1 heterocycles. The normalized spacial score (nSPS) is 13.9. The van der Waals surface area contributed by atoms with E-state index in [9.17, 15) is 16.8 Å². The van der Waals surface area contributed by atoms with Crippen molar-refractivity contribution >= 4 is 43.2 Å². The van der Waals surface area contributed by atoms with Crippen molar-refractivity contribution in [3.05, 3.63) is 65.9 Å². The van der Waals surface area contributed by atoms with Crippen LogP contribution in [0, 0.1) is 6.92 Å². The number of sulfonamides is 2. The molecule has 4 N–H and O–H groups in total. The molecule has 4 rings (SSSR count). The molecule has 1 fully saturated rings.